The van der Waals surface area contributed by atoms with Crippen molar-refractivity contribution in [3.05, 3.63) is 0 Å². The Morgan fingerprint density at radius 2 is 1.93 bits per heavy atom. The number of aliphatic hydroxyl groups is 1. The molecule has 1 fully saturated rings. The fourth-order valence-electron chi connectivity index (χ4n) is 2.07. The molecule has 0 aromatic carbocycles. The van der Waals surface area contributed by atoms with Gasteiger partial charge in [0, 0.05) is 31.7 Å². The molecule has 4 nitrogen and oxygen atoms in total. The van der Waals surface area contributed by atoms with Crippen LogP contribution in [0, 0.1) is 0 Å². The van der Waals surface area contributed by atoms with Crippen LogP contribution in [-0.4, -0.2) is 66.3 Å². The summed E-state index contributed by atoms with van der Waals surface area (Å²) in [5.74, 6) is 0. The highest BCUT2D eigenvalue weighted by atomic mass is 16.3. The van der Waals surface area contributed by atoms with E-state index in [1.54, 1.807) is 0 Å². The van der Waals surface area contributed by atoms with E-state index in [0.29, 0.717) is 6.54 Å². The van der Waals surface area contributed by atoms with Gasteiger partial charge in [-0.15, -0.1) is 0 Å². The molecule has 1 saturated heterocycles. The van der Waals surface area contributed by atoms with Crippen LogP contribution in [0.4, 0.5) is 0 Å². The van der Waals surface area contributed by atoms with Crippen molar-refractivity contribution < 1.29 is 5.11 Å². The molecule has 1 aliphatic rings. The maximum Gasteiger partial charge on any atom is 0.0558 e. The van der Waals surface area contributed by atoms with Gasteiger partial charge in [0.2, 0.25) is 0 Å². The third-order valence-corrected chi connectivity index (χ3v) is 3.36. The van der Waals surface area contributed by atoms with E-state index in [-0.39, 0.29) is 12.1 Å². The number of hydrogen-bond acceptors (Lipinski definition) is 4. The second-order valence-electron chi connectivity index (χ2n) is 4.92. The van der Waals surface area contributed by atoms with Gasteiger partial charge in [0.15, 0.2) is 0 Å². The summed E-state index contributed by atoms with van der Waals surface area (Å²) in [7, 11) is 0. The highest BCUT2D eigenvalue weighted by Crippen LogP contribution is 2.15. The Hall–Kier alpha value is -0.160. The average molecular weight is 215 g/mol. The number of rotatable bonds is 4. The fraction of sp³-hybridized carbons (Fsp3) is 1.00. The predicted molar refractivity (Wildman–Crippen MR) is 62.8 cm³/mol. The lowest BCUT2D eigenvalue weighted by Crippen LogP contribution is -2.50. The molecule has 4 heteroatoms. The third kappa shape index (κ3) is 3.72. The van der Waals surface area contributed by atoms with Crippen molar-refractivity contribution in [3.63, 3.8) is 0 Å². The summed E-state index contributed by atoms with van der Waals surface area (Å²) in [6.45, 7) is 10.5. The lowest BCUT2D eigenvalue weighted by atomic mass is 10.0. The number of nitrogens with two attached hydrogens (primary N) is 1. The van der Waals surface area contributed by atoms with Gasteiger partial charge in [0.1, 0.15) is 0 Å². The van der Waals surface area contributed by atoms with Crippen LogP contribution in [-0.2, 0) is 0 Å². The lowest BCUT2D eigenvalue weighted by Gasteiger charge is -2.36. The third-order valence-electron chi connectivity index (χ3n) is 3.36. The van der Waals surface area contributed by atoms with Crippen LogP contribution in [0.15, 0.2) is 0 Å². The minimum absolute atomic E-state index is 0.106. The smallest absolute Gasteiger partial charge is 0.0558 e. The first-order chi connectivity index (χ1) is 7.10. The molecule has 3 N–H and O–H groups in total. The molecule has 0 spiro atoms. The molecule has 15 heavy (non-hydrogen) atoms. The van der Waals surface area contributed by atoms with Crippen molar-refractivity contribution in [2.45, 2.75) is 25.8 Å². The summed E-state index contributed by atoms with van der Waals surface area (Å²) in [6, 6.07) is 0. The second-order valence-corrected chi connectivity index (χ2v) is 4.92. The molecule has 0 amide bonds. The summed E-state index contributed by atoms with van der Waals surface area (Å²) in [5.41, 5.74) is 5.89. The van der Waals surface area contributed by atoms with Crippen LogP contribution in [0.1, 0.15) is 20.3 Å². The Bertz CT molecular complexity index is 185. The van der Waals surface area contributed by atoms with E-state index in [2.05, 4.69) is 23.6 Å². The van der Waals surface area contributed by atoms with Crippen LogP contribution >= 0.6 is 0 Å². The van der Waals surface area contributed by atoms with E-state index >= 15 is 0 Å². The maximum absolute atomic E-state index is 8.91. The largest absolute Gasteiger partial charge is 0.395 e. The van der Waals surface area contributed by atoms with Crippen molar-refractivity contribution in [3.8, 4) is 0 Å². The van der Waals surface area contributed by atoms with E-state index in [0.717, 1.165) is 32.7 Å². The summed E-state index contributed by atoms with van der Waals surface area (Å²) < 4.78 is 0. The highest BCUT2D eigenvalue weighted by Gasteiger charge is 2.26. The molecule has 0 radical (unpaired) electrons. The SMILES string of the molecule is CC(C)(CN)N1CCCN(CCO)CC1. The van der Waals surface area contributed by atoms with Crippen LogP contribution in [0.25, 0.3) is 0 Å². The molecule has 0 aliphatic carbocycles. The van der Waals surface area contributed by atoms with Crippen LogP contribution in [0.5, 0.6) is 0 Å². The molecule has 1 aliphatic heterocycles. The summed E-state index contributed by atoms with van der Waals surface area (Å²) in [4.78, 5) is 4.79. The van der Waals surface area contributed by atoms with E-state index in [4.69, 9.17) is 10.8 Å². The molecular formula is C11H25N3O. The Labute approximate surface area is 93.0 Å². The Morgan fingerprint density at radius 1 is 1.20 bits per heavy atom. The first kappa shape index (κ1) is 12.9. The number of nitrogens with zero attached hydrogens (tertiary/aromatic N) is 2. The molecule has 0 aromatic heterocycles. The van der Waals surface area contributed by atoms with Gasteiger partial charge in [-0.25, -0.2) is 0 Å². The minimum atomic E-state index is 0.106. The molecule has 0 bridgehead atoms. The maximum atomic E-state index is 8.91. The normalized spacial score (nSPS) is 21.6. The van der Waals surface area contributed by atoms with Gasteiger partial charge in [-0.1, -0.05) is 0 Å². The van der Waals surface area contributed by atoms with Crippen molar-refractivity contribution in [2.24, 2.45) is 5.73 Å². The predicted octanol–water partition coefficient (Wildman–Crippen LogP) is -0.276. The number of β-amino-alcohol motifs (C(OH)–C–C–N with tert-alkyl or cyclic N) is 1. The zero-order chi connectivity index (χ0) is 11.3. The highest BCUT2D eigenvalue weighted by molar-refractivity contribution is 4.84. The molecule has 1 rings (SSSR count). The van der Waals surface area contributed by atoms with E-state index in [9.17, 15) is 0 Å². The van der Waals surface area contributed by atoms with Gasteiger partial charge in [0.25, 0.3) is 0 Å². The van der Waals surface area contributed by atoms with Crippen molar-refractivity contribution in [2.75, 3.05) is 45.9 Å². The van der Waals surface area contributed by atoms with Gasteiger partial charge in [0.05, 0.1) is 6.61 Å². The van der Waals surface area contributed by atoms with Gasteiger partial charge in [-0.3, -0.25) is 9.80 Å². The summed E-state index contributed by atoms with van der Waals surface area (Å²) in [5, 5.41) is 8.91. The summed E-state index contributed by atoms with van der Waals surface area (Å²) >= 11 is 0. The first-order valence-corrected chi connectivity index (χ1v) is 5.88. The monoisotopic (exact) mass is 215 g/mol. The van der Waals surface area contributed by atoms with Gasteiger partial charge >= 0.3 is 0 Å². The molecule has 0 aromatic rings. The van der Waals surface area contributed by atoms with Gasteiger partial charge < -0.3 is 10.8 Å². The van der Waals surface area contributed by atoms with Crippen LogP contribution in [0.3, 0.4) is 0 Å². The van der Waals surface area contributed by atoms with E-state index < -0.39 is 0 Å². The van der Waals surface area contributed by atoms with Crippen LogP contribution < -0.4 is 5.73 Å². The standard InChI is InChI=1S/C11H25N3O/c1-11(2,10-12)14-5-3-4-13(6-7-14)8-9-15/h15H,3-10,12H2,1-2H3. The number of aliphatic hydroxyl groups excluding tert-OH is 1. The van der Waals surface area contributed by atoms with Crippen molar-refractivity contribution in [1.29, 1.82) is 0 Å². The molecule has 1 heterocycles. The molecule has 0 atom stereocenters. The Morgan fingerprint density at radius 3 is 2.53 bits per heavy atom. The molecule has 90 valence electrons. The average Bonchev–Trinajstić information content (AvgIpc) is 2.44. The quantitative estimate of drug-likeness (QED) is 0.677. The summed E-state index contributed by atoms with van der Waals surface area (Å²) in [6.07, 6.45) is 1.17. The van der Waals surface area contributed by atoms with Gasteiger partial charge in [-0.2, -0.15) is 0 Å². The number of hydrogen-bond donors (Lipinski definition) is 2. The van der Waals surface area contributed by atoms with Crippen molar-refractivity contribution >= 4 is 0 Å². The zero-order valence-electron chi connectivity index (χ0n) is 10.1. The minimum Gasteiger partial charge on any atom is -0.395 e. The Kier molecular flexibility index (Phi) is 4.99. The van der Waals surface area contributed by atoms with E-state index in [1.165, 1.54) is 6.42 Å². The topological polar surface area (TPSA) is 52.7 Å². The molecule has 0 unspecified atom stereocenters. The van der Waals surface area contributed by atoms with E-state index in [1.807, 2.05) is 0 Å². The fourth-order valence-corrected chi connectivity index (χ4v) is 2.07. The zero-order valence-corrected chi connectivity index (χ0v) is 10.1. The van der Waals surface area contributed by atoms with Crippen LogP contribution in [0.2, 0.25) is 0 Å². The first-order valence-electron chi connectivity index (χ1n) is 5.88. The molecule has 0 saturated carbocycles. The van der Waals surface area contributed by atoms with Gasteiger partial charge in [-0.05, 0) is 33.4 Å². The van der Waals surface area contributed by atoms with Crippen molar-refractivity contribution in [1.82, 2.24) is 9.80 Å². The lowest BCUT2D eigenvalue weighted by molar-refractivity contribution is 0.128. The Balaban J connectivity index is 2.45. The molecular weight excluding hydrogens is 190 g/mol. The second kappa shape index (κ2) is 5.80.